The molecular formula is C21H16BrN3O3. The van der Waals surface area contributed by atoms with E-state index in [2.05, 4.69) is 21.0 Å². The molecule has 3 aliphatic rings. The third-order valence-electron chi connectivity index (χ3n) is 5.78. The van der Waals surface area contributed by atoms with Crippen molar-refractivity contribution in [2.45, 2.75) is 19.0 Å². The van der Waals surface area contributed by atoms with Crippen LogP contribution in [0.4, 0.5) is 5.69 Å². The molecule has 6 nitrogen and oxygen atoms in total. The smallest absolute Gasteiger partial charge is 0.240 e. The number of hydrogen-bond donors (Lipinski definition) is 0. The van der Waals surface area contributed by atoms with E-state index in [1.165, 1.54) is 11.8 Å². The van der Waals surface area contributed by atoms with E-state index in [4.69, 9.17) is 0 Å². The zero-order valence-corrected chi connectivity index (χ0v) is 16.5. The summed E-state index contributed by atoms with van der Waals surface area (Å²) >= 11 is 3.39. The summed E-state index contributed by atoms with van der Waals surface area (Å²) in [7, 11) is 0. The Morgan fingerprint density at radius 1 is 1.04 bits per heavy atom. The van der Waals surface area contributed by atoms with Gasteiger partial charge < -0.3 is 0 Å². The average molecular weight is 438 g/mol. The number of carbonyl (C=O) groups is 3. The van der Waals surface area contributed by atoms with Gasteiger partial charge in [-0.1, -0.05) is 46.3 Å². The van der Waals surface area contributed by atoms with E-state index in [9.17, 15) is 14.4 Å². The summed E-state index contributed by atoms with van der Waals surface area (Å²) in [6, 6.07) is 13.6. The van der Waals surface area contributed by atoms with Gasteiger partial charge in [0.1, 0.15) is 6.04 Å². The minimum absolute atomic E-state index is 0.161. The predicted molar refractivity (Wildman–Crippen MR) is 107 cm³/mol. The first-order chi connectivity index (χ1) is 13.5. The molecule has 3 aliphatic heterocycles. The molecule has 2 aromatic rings. The molecule has 140 valence electrons. The largest absolute Gasteiger partial charge is 0.298 e. The van der Waals surface area contributed by atoms with Crippen LogP contribution >= 0.6 is 15.9 Å². The average Bonchev–Trinajstić information content (AvgIpc) is 3.15. The number of hydrogen-bond acceptors (Lipinski definition) is 5. The lowest BCUT2D eigenvalue weighted by molar-refractivity contribution is -0.129. The van der Waals surface area contributed by atoms with Gasteiger partial charge in [0.2, 0.25) is 11.8 Å². The SMILES string of the molecule is CC(=O)[C@@H]1[C@H]2C(=O)N(c3cccc(Br)c3)C(=O)[C@@H]2[C@H]2c3ccccc3C=NN12. The second kappa shape index (κ2) is 6.10. The van der Waals surface area contributed by atoms with E-state index < -0.39 is 23.9 Å². The van der Waals surface area contributed by atoms with Gasteiger partial charge in [0.15, 0.2) is 5.78 Å². The van der Waals surface area contributed by atoms with Crippen molar-refractivity contribution in [1.29, 1.82) is 0 Å². The summed E-state index contributed by atoms with van der Waals surface area (Å²) in [6.45, 7) is 1.46. The third kappa shape index (κ3) is 2.26. The summed E-state index contributed by atoms with van der Waals surface area (Å²) in [5.41, 5.74) is 2.35. The molecule has 2 aromatic carbocycles. The molecule has 0 radical (unpaired) electrons. The van der Waals surface area contributed by atoms with Gasteiger partial charge in [-0.05, 0) is 36.2 Å². The van der Waals surface area contributed by atoms with Crippen molar-refractivity contribution < 1.29 is 14.4 Å². The molecule has 28 heavy (non-hydrogen) atoms. The van der Waals surface area contributed by atoms with Gasteiger partial charge in [0.05, 0.1) is 29.8 Å². The summed E-state index contributed by atoms with van der Waals surface area (Å²) in [5.74, 6) is -2.16. The van der Waals surface area contributed by atoms with Crippen LogP contribution in [0.5, 0.6) is 0 Å². The van der Waals surface area contributed by atoms with E-state index in [1.807, 2.05) is 30.3 Å². The molecule has 0 spiro atoms. The summed E-state index contributed by atoms with van der Waals surface area (Å²) in [6.07, 6.45) is 1.70. The number of anilines is 1. The molecule has 2 saturated heterocycles. The molecule has 4 atom stereocenters. The summed E-state index contributed by atoms with van der Waals surface area (Å²) in [4.78, 5) is 40.5. The van der Waals surface area contributed by atoms with E-state index in [0.29, 0.717) is 5.69 Å². The molecule has 0 saturated carbocycles. The van der Waals surface area contributed by atoms with E-state index in [0.717, 1.165) is 15.6 Å². The second-order valence-corrected chi connectivity index (χ2v) is 8.21. The lowest BCUT2D eigenvalue weighted by Crippen LogP contribution is -2.43. The fraction of sp³-hybridized carbons (Fsp3) is 0.238. The number of ketones is 1. The van der Waals surface area contributed by atoms with Gasteiger partial charge in [0, 0.05) is 4.47 Å². The molecule has 0 bridgehead atoms. The van der Waals surface area contributed by atoms with E-state index in [1.54, 1.807) is 29.4 Å². The van der Waals surface area contributed by atoms with Gasteiger partial charge in [-0.25, -0.2) is 4.90 Å². The van der Waals surface area contributed by atoms with Crippen LogP contribution in [0, 0.1) is 11.8 Å². The number of rotatable bonds is 2. The third-order valence-corrected chi connectivity index (χ3v) is 6.27. The molecule has 0 aliphatic carbocycles. The van der Waals surface area contributed by atoms with Crippen LogP contribution in [0.2, 0.25) is 0 Å². The Morgan fingerprint density at radius 3 is 2.54 bits per heavy atom. The first-order valence-electron chi connectivity index (χ1n) is 9.04. The number of carbonyl (C=O) groups excluding carboxylic acids is 3. The molecular weight excluding hydrogens is 422 g/mol. The Kier molecular flexibility index (Phi) is 3.77. The number of Topliss-reactive ketones (excluding diaryl/α,β-unsaturated/α-hetero) is 1. The normalized spacial score (nSPS) is 27.6. The highest BCUT2D eigenvalue weighted by molar-refractivity contribution is 9.10. The van der Waals surface area contributed by atoms with Crippen LogP contribution in [0.3, 0.4) is 0 Å². The van der Waals surface area contributed by atoms with Crippen molar-refractivity contribution in [3.05, 3.63) is 64.1 Å². The van der Waals surface area contributed by atoms with Crippen molar-refractivity contribution in [3.63, 3.8) is 0 Å². The van der Waals surface area contributed by atoms with Crippen molar-refractivity contribution >= 4 is 45.4 Å². The van der Waals surface area contributed by atoms with Gasteiger partial charge >= 0.3 is 0 Å². The first kappa shape index (κ1) is 17.3. The fourth-order valence-electron chi connectivity index (χ4n) is 4.69. The monoisotopic (exact) mass is 437 g/mol. The second-order valence-electron chi connectivity index (χ2n) is 7.30. The Morgan fingerprint density at radius 2 is 1.79 bits per heavy atom. The maximum Gasteiger partial charge on any atom is 0.240 e. The Labute approximate surface area is 169 Å². The molecule has 0 N–H and O–H groups in total. The van der Waals surface area contributed by atoms with Gasteiger partial charge in [0.25, 0.3) is 0 Å². The van der Waals surface area contributed by atoms with Crippen molar-refractivity contribution in [2.75, 3.05) is 4.90 Å². The zero-order chi connectivity index (χ0) is 19.6. The number of hydrazone groups is 1. The van der Waals surface area contributed by atoms with E-state index in [-0.39, 0.29) is 17.6 Å². The molecule has 0 unspecified atom stereocenters. The molecule has 3 heterocycles. The summed E-state index contributed by atoms with van der Waals surface area (Å²) < 4.78 is 0.778. The van der Waals surface area contributed by atoms with Crippen LogP contribution < -0.4 is 4.90 Å². The topological polar surface area (TPSA) is 70.0 Å². The predicted octanol–water partition coefficient (Wildman–Crippen LogP) is 2.92. The lowest BCUT2D eigenvalue weighted by atomic mass is 9.84. The van der Waals surface area contributed by atoms with Gasteiger partial charge in [-0.2, -0.15) is 5.10 Å². The molecule has 7 heteroatoms. The highest BCUT2D eigenvalue weighted by Crippen LogP contribution is 2.52. The molecule has 2 amide bonds. The number of nitrogens with zero attached hydrogens (tertiary/aromatic N) is 3. The zero-order valence-electron chi connectivity index (χ0n) is 14.9. The quantitative estimate of drug-likeness (QED) is 0.677. The van der Waals surface area contributed by atoms with Crippen molar-refractivity contribution in [3.8, 4) is 0 Å². The highest BCUT2D eigenvalue weighted by Gasteiger charge is 2.64. The minimum Gasteiger partial charge on any atom is -0.298 e. The number of benzene rings is 2. The number of fused-ring (bicyclic) bond motifs is 5. The standard InChI is InChI=1S/C21H16BrN3O3/c1-11(26)18-16-17(19-15-8-3-2-5-12(15)10-23-25(18)19)21(28)24(20(16)27)14-7-4-6-13(22)9-14/h2-10,16-19H,1H3/t16-,17-,18+,19+/m0/s1. The van der Waals surface area contributed by atoms with Gasteiger partial charge in [-0.3, -0.25) is 19.4 Å². The maximum atomic E-state index is 13.4. The van der Waals surface area contributed by atoms with E-state index >= 15 is 0 Å². The van der Waals surface area contributed by atoms with Crippen LogP contribution in [0.15, 0.2) is 58.1 Å². The lowest BCUT2D eigenvalue weighted by Gasteiger charge is -2.33. The molecule has 2 fully saturated rings. The molecule has 0 aromatic heterocycles. The van der Waals surface area contributed by atoms with Crippen LogP contribution in [-0.2, 0) is 14.4 Å². The first-order valence-corrected chi connectivity index (χ1v) is 9.83. The Bertz CT molecular complexity index is 1070. The van der Waals surface area contributed by atoms with Crippen molar-refractivity contribution in [1.82, 2.24) is 5.01 Å². The Balaban J connectivity index is 1.66. The maximum absolute atomic E-state index is 13.4. The van der Waals surface area contributed by atoms with Crippen molar-refractivity contribution in [2.24, 2.45) is 16.9 Å². The number of halogens is 1. The molecule has 5 rings (SSSR count). The highest BCUT2D eigenvalue weighted by atomic mass is 79.9. The van der Waals surface area contributed by atoms with Gasteiger partial charge in [-0.15, -0.1) is 0 Å². The fourth-order valence-corrected chi connectivity index (χ4v) is 5.08. The van der Waals surface area contributed by atoms with Crippen LogP contribution in [0.1, 0.15) is 24.1 Å². The number of amides is 2. The number of imide groups is 1. The summed E-state index contributed by atoms with van der Waals surface area (Å²) in [5, 5.41) is 6.12. The van der Waals surface area contributed by atoms with Crippen LogP contribution in [-0.4, -0.2) is 34.9 Å². The van der Waals surface area contributed by atoms with Crippen LogP contribution in [0.25, 0.3) is 0 Å². The Hall–Kier alpha value is -2.80. The minimum atomic E-state index is -0.742.